The Hall–Kier alpha value is -3.70. The molecule has 8 rings (SSSR count). The number of nitrogens with one attached hydrogen (secondary N) is 1. The number of benzene rings is 3. The summed E-state index contributed by atoms with van der Waals surface area (Å²) < 4.78 is 40.1. The SMILES string of the molecule is CO[C@H]1/C=C/C[C@H](C)CS(=O)(NC(=O)c2ccc3c(c2)COCC3)=NC(=O)c2ccc3c(c2)N(C[C@@H]2CC[C@H]21)C[C@@]1(CCCc2cc(Cl)ccc21)CO3. The molecule has 2 aliphatic carbocycles. The van der Waals surface area contributed by atoms with E-state index in [2.05, 4.69) is 38.3 Å². The Kier molecular flexibility index (Phi) is 10.2. The van der Waals surface area contributed by atoms with Crippen molar-refractivity contribution in [3.63, 3.8) is 0 Å². The fourth-order valence-electron chi connectivity index (χ4n) is 9.08. The third-order valence-corrected chi connectivity index (χ3v) is 14.2. The first kappa shape index (κ1) is 36.3. The van der Waals surface area contributed by atoms with Crippen molar-refractivity contribution in [3.05, 3.63) is 105 Å². The number of allylic oxidation sites excluding steroid dienone is 1. The molecule has 1 unspecified atom stereocenters. The molecule has 3 aromatic rings. The minimum absolute atomic E-state index is 0.0126. The van der Waals surface area contributed by atoms with Crippen molar-refractivity contribution in [2.45, 2.75) is 70.0 Å². The van der Waals surface area contributed by atoms with E-state index in [0.717, 1.165) is 73.5 Å². The highest BCUT2D eigenvalue weighted by Crippen LogP contribution is 2.47. The number of carbonyl (C=O) groups is 2. The molecule has 2 bridgehead atoms. The van der Waals surface area contributed by atoms with Crippen LogP contribution < -0.4 is 14.4 Å². The largest absolute Gasteiger partial charge is 0.490 e. The van der Waals surface area contributed by atoms with Gasteiger partial charge in [0.25, 0.3) is 11.8 Å². The minimum Gasteiger partial charge on any atom is -0.490 e. The predicted molar refractivity (Wildman–Crippen MR) is 207 cm³/mol. The Morgan fingerprint density at radius 2 is 1.96 bits per heavy atom. The lowest BCUT2D eigenvalue weighted by atomic mass is 9.68. The first-order chi connectivity index (χ1) is 25.6. The van der Waals surface area contributed by atoms with Crippen molar-refractivity contribution < 1.29 is 28.0 Å². The maximum Gasteiger partial charge on any atom is 0.286 e. The van der Waals surface area contributed by atoms with E-state index >= 15 is 0 Å². The number of aryl methyl sites for hydroxylation is 1. The van der Waals surface area contributed by atoms with Gasteiger partial charge in [-0.15, -0.1) is 4.36 Å². The lowest BCUT2D eigenvalue weighted by Crippen LogP contribution is -2.49. The topological polar surface area (TPSA) is 107 Å². The quantitative estimate of drug-likeness (QED) is 0.276. The summed E-state index contributed by atoms with van der Waals surface area (Å²) in [6, 6.07) is 17.1. The van der Waals surface area contributed by atoms with Crippen LogP contribution in [0.4, 0.5) is 5.69 Å². The highest BCUT2D eigenvalue weighted by atomic mass is 35.5. The van der Waals surface area contributed by atoms with Crippen molar-refractivity contribution in [2.75, 3.05) is 44.1 Å². The van der Waals surface area contributed by atoms with E-state index in [-0.39, 0.29) is 23.2 Å². The fraction of sp³-hybridized carbons (Fsp3) is 0.476. The Morgan fingerprint density at radius 3 is 2.79 bits per heavy atom. The number of nitrogens with zero attached hydrogens (tertiary/aromatic N) is 2. The van der Waals surface area contributed by atoms with Crippen molar-refractivity contribution in [1.29, 1.82) is 0 Å². The van der Waals surface area contributed by atoms with Crippen LogP contribution in [0.25, 0.3) is 0 Å². The minimum atomic E-state index is -3.54. The summed E-state index contributed by atoms with van der Waals surface area (Å²) in [7, 11) is -1.77. The standard InChI is InChI=1S/C42H48ClN3O6S/c1-27-5-3-7-38(50-2)35-13-10-32(35)22-46-25-42(17-4-6-29-20-34(43)12-14-36(29)42)26-52-39-15-11-31(21-37(39)46)41(48)45-53(49,24-27)44-40(47)30-9-8-28-16-18-51-23-33(28)19-30/h3,7-9,11-12,14-15,19-21,27,32,35,38H,4-6,10,13,16-18,22-26H2,1-2H3,(H,44,45,47,48,49)/b7-3+/t27-,32-,35+,38-,42-,53?/m0/s1. The van der Waals surface area contributed by atoms with Gasteiger partial charge < -0.3 is 19.1 Å². The number of fused-ring (bicyclic) bond motifs is 5. The molecule has 3 heterocycles. The average Bonchev–Trinajstić information content (AvgIpc) is 3.28. The number of halogens is 1. The second-order valence-electron chi connectivity index (χ2n) is 15.7. The monoisotopic (exact) mass is 757 g/mol. The molecule has 9 nitrogen and oxygen atoms in total. The first-order valence-electron chi connectivity index (χ1n) is 18.9. The normalized spacial score (nSPS) is 30.3. The van der Waals surface area contributed by atoms with E-state index in [1.807, 2.05) is 31.2 Å². The maximum atomic E-state index is 14.7. The van der Waals surface area contributed by atoms with E-state index in [1.54, 1.807) is 25.3 Å². The Balaban J connectivity index is 1.18. The van der Waals surface area contributed by atoms with Gasteiger partial charge in [0, 0.05) is 41.8 Å². The summed E-state index contributed by atoms with van der Waals surface area (Å²) in [5.74, 6) is 0.135. The van der Waals surface area contributed by atoms with E-state index in [1.165, 1.54) is 11.1 Å². The molecule has 1 saturated carbocycles. The fourth-order valence-corrected chi connectivity index (χ4v) is 11.2. The van der Waals surface area contributed by atoms with Gasteiger partial charge >= 0.3 is 0 Å². The van der Waals surface area contributed by atoms with E-state index in [0.29, 0.717) is 55.0 Å². The van der Waals surface area contributed by atoms with Crippen LogP contribution in [0.1, 0.15) is 82.0 Å². The van der Waals surface area contributed by atoms with Gasteiger partial charge in [-0.3, -0.25) is 14.3 Å². The van der Waals surface area contributed by atoms with Gasteiger partial charge in [0.15, 0.2) is 0 Å². The highest BCUT2D eigenvalue weighted by Gasteiger charge is 2.44. The van der Waals surface area contributed by atoms with E-state index in [4.69, 9.17) is 25.8 Å². The molecule has 1 N–H and O–H groups in total. The average molecular weight is 758 g/mol. The van der Waals surface area contributed by atoms with Crippen LogP contribution in [0.3, 0.4) is 0 Å². The number of carbonyl (C=O) groups excluding carboxylic acids is 2. The number of amides is 2. The smallest absolute Gasteiger partial charge is 0.286 e. The van der Waals surface area contributed by atoms with Crippen LogP contribution in [0, 0.1) is 17.8 Å². The van der Waals surface area contributed by atoms with Crippen LogP contribution in [0.2, 0.25) is 5.02 Å². The van der Waals surface area contributed by atoms with Crippen LogP contribution in [-0.4, -0.2) is 61.3 Å². The number of methoxy groups -OCH3 is 1. The molecule has 0 radical (unpaired) electrons. The van der Waals surface area contributed by atoms with Gasteiger partial charge in [-0.1, -0.05) is 42.8 Å². The van der Waals surface area contributed by atoms with Crippen molar-refractivity contribution in [2.24, 2.45) is 22.1 Å². The van der Waals surface area contributed by atoms with Gasteiger partial charge in [0.2, 0.25) is 0 Å². The Bertz CT molecular complexity index is 2080. The molecular weight excluding hydrogens is 710 g/mol. The van der Waals surface area contributed by atoms with Crippen molar-refractivity contribution >= 4 is 39.0 Å². The zero-order chi connectivity index (χ0) is 36.7. The van der Waals surface area contributed by atoms with Crippen LogP contribution in [0.15, 0.2) is 71.1 Å². The molecule has 1 spiro atoms. The Labute approximate surface area is 317 Å². The molecule has 0 aromatic heterocycles. The molecule has 6 atom stereocenters. The number of hydrogen-bond donors (Lipinski definition) is 1. The maximum absolute atomic E-state index is 14.7. The predicted octanol–water partition coefficient (Wildman–Crippen LogP) is 7.48. The number of anilines is 1. The lowest BCUT2D eigenvalue weighted by molar-refractivity contribution is 0.0131. The number of rotatable bonds is 3. The molecule has 1 fully saturated rings. The summed E-state index contributed by atoms with van der Waals surface area (Å²) in [5, 5.41) is 0.742. The summed E-state index contributed by atoms with van der Waals surface area (Å²) >= 11 is 6.47. The molecule has 3 aromatic carbocycles. The Morgan fingerprint density at radius 1 is 1.08 bits per heavy atom. The molecular formula is C42H48ClN3O6S. The zero-order valence-corrected chi connectivity index (χ0v) is 32.1. The lowest BCUT2D eigenvalue weighted by Gasteiger charge is -2.46. The van der Waals surface area contributed by atoms with Crippen LogP contribution >= 0.6 is 11.6 Å². The molecule has 5 aliphatic rings. The number of ether oxygens (including phenoxy) is 3. The molecule has 3 aliphatic heterocycles. The summed E-state index contributed by atoms with van der Waals surface area (Å²) in [6.45, 7) is 5.03. The van der Waals surface area contributed by atoms with E-state index in [9.17, 15) is 13.8 Å². The van der Waals surface area contributed by atoms with E-state index < -0.39 is 21.7 Å². The summed E-state index contributed by atoms with van der Waals surface area (Å²) in [6.07, 6.45) is 10.7. The van der Waals surface area contributed by atoms with Gasteiger partial charge in [-0.25, -0.2) is 4.21 Å². The molecule has 11 heteroatoms. The second-order valence-corrected chi connectivity index (χ2v) is 18.1. The zero-order valence-electron chi connectivity index (χ0n) is 30.5. The van der Waals surface area contributed by atoms with Crippen LogP contribution in [0.5, 0.6) is 5.75 Å². The van der Waals surface area contributed by atoms with Gasteiger partial charge in [-0.2, -0.15) is 0 Å². The third kappa shape index (κ3) is 7.40. The molecule has 53 heavy (non-hydrogen) atoms. The van der Waals surface area contributed by atoms with Gasteiger partial charge in [-0.05, 0) is 127 Å². The van der Waals surface area contributed by atoms with Gasteiger partial charge in [0.05, 0.1) is 37.4 Å². The third-order valence-electron chi connectivity index (χ3n) is 12.0. The molecule has 2 amide bonds. The van der Waals surface area contributed by atoms with Crippen LogP contribution in [-0.2, 0) is 44.3 Å². The van der Waals surface area contributed by atoms with Crippen molar-refractivity contribution in [1.82, 2.24) is 4.72 Å². The number of hydrogen-bond acceptors (Lipinski definition) is 7. The molecule has 0 saturated heterocycles. The molecule has 280 valence electrons. The van der Waals surface area contributed by atoms with Gasteiger partial charge in [0.1, 0.15) is 15.7 Å². The highest BCUT2D eigenvalue weighted by molar-refractivity contribution is 7.92. The van der Waals surface area contributed by atoms with Crippen molar-refractivity contribution in [3.8, 4) is 5.75 Å². The summed E-state index contributed by atoms with van der Waals surface area (Å²) in [4.78, 5) is 30.2. The summed E-state index contributed by atoms with van der Waals surface area (Å²) in [5.41, 5.74) is 5.84. The second kappa shape index (κ2) is 14.9. The first-order valence-corrected chi connectivity index (χ1v) is 21.0.